The molecule has 2 aliphatic rings. The molecule has 0 spiro atoms. The van der Waals surface area contributed by atoms with Gasteiger partial charge in [0.15, 0.2) is 0 Å². The summed E-state index contributed by atoms with van der Waals surface area (Å²) >= 11 is 13.0. The molecule has 6 nitrogen and oxygen atoms in total. The fourth-order valence-corrected chi connectivity index (χ4v) is 5.74. The Kier molecular flexibility index (Phi) is 6.23. The van der Waals surface area contributed by atoms with E-state index in [1.807, 2.05) is 0 Å². The van der Waals surface area contributed by atoms with Crippen LogP contribution in [0, 0.1) is 0 Å². The number of amides is 1. The zero-order valence-corrected chi connectivity index (χ0v) is 20.0. The lowest BCUT2D eigenvalue weighted by Gasteiger charge is -2.29. The van der Waals surface area contributed by atoms with Gasteiger partial charge in [0.25, 0.3) is 11.5 Å². The second-order valence-electron chi connectivity index (χ2n) is 7.94. The van der Waals surface area contributed by atoms with Gasteiger partial charge in [0.1, 0.15) is 21.3 Å². The highest BCUT2D eigenvalue weighted by Gasteiger charge is 2.38. The number of carbonyl (C=O) groups is 1. The average Bonchev–Trinajstić information content (AvgIpc) is 3.11. The van der Waals surface area contributed by atoms with E-state index in [-0.39, 0.29) is 29.0 Å². The number of aromatic nitrogens is 2. The number of hydrogen-bond acceptors (Lipinski definition) is 6. The first-order chi connectivity index (χ1) is 16.0. The Bertz CT molecular complexity index is 1350. The molecule has 3 heterocycles. The molecule has 0 atom stereocenters. The fraction of sp³-hybridized carbons (Fsp3) is 0.250. The zero-order chi connectivity index (χ0) is 22.9. The quantitative estimate of drug-likeness (QED) is 0.341. The smallest absolute Gasteiger partial charge is 0.269 e. The van der Waals surface area contributed by atoms with Gasteiger partial charge in [-0.25, -0.2) is 0 Å². The van der Waals surface area contributed by atoms with Gasteiger partial charge in [-0.15, -0.1) is 0 Å². The molecule has 0 bridgehead atoms. The van der Waals surface area contributed by atoms with E-state index in [0.29, 0.717) is 25.6 Å². The number of pyridine rings is 1. The summed E-state index contributed by atoms with van der Waals surface area (Å²) < 4.78 is 7.93. The predicted molar refractivity (Wildman–Crippen MR) is 135 cm³/mol. The van der Waals surface area contributed by atoms with E-state index in [1.54, 1.807) is 59.6 Å². The van der Waals surface area contributed by atoms with Crippen LogP contribution in [0.25, 0.3) is 11.7 Å². The summed E-state index contributed by atoms with van der Waals surface area (Å²) in [4.78, 5) is 33.3. The predicted octanol–water partition coefficient (Wildman–Crippen LogP) is 5.67. The fourth-order valence-electron chi connectivity index (χ4n) is 4.18. The van der Waals surface area contributed by atoms with Gasteiger partial charge < -0.3 is 4.74 Å². The minimum absolute atomic E-state index is 0.0854. The lowest BCUT2D eigenvalue weighted by Crippen LogP contribution is -2.39. The molecular formula is C24H20ClN3O3S2. The summed E-state index contributed by atoms with van der Waals surface area (Å²) in [5.74, 6) is 0.288. The van der Waals surface area contributed by atoms with E-state index in [1.165, 1.54) is 22.6 Å². The van der Waals surface area contributed by atoms with Crippen molar-refractivity contribution in [3.63, 3.8) is 0 Å². The number of nitrogens with zero attached hydrogens (tertiary/aromatic N) is 3. The molecule has 0 N–H and O–H groups in total. The van der Waals surface area contributed by atoms with E-state index in [9.17, 15) is 9.59 Å². The lowest BCUT2D eigenvalue weighted by molar-refractivity contribution is -0.124. The Labute approximate surface area is 205 Å². The van der Waals surface area contributed by atoms with Crippen LogP contribution in [-0.4, -0.2) is 30.6 Å². The highest BCUT2D eigenvalue weighted by molar-refractivity contribution is 8.26. The molecule has 168 valence electrons. The molecule has 5 rings (SSSR count). The van der Waals surface area contributed by atoms with Crippen molar-refractivity contribution in [3.8, 4) is 11.6 Å². The summed E-state index contributed by atoms with van der Waals surface area (Å²) in [6, 6.07) is 12.3. The minimum atomic E-state index is -0.342. The Hall–Kier alpha value is -2.68. The molecule has 2 fully saturated rings. The first-order valence-electron chi connectivity index (χ1n) is 10.7. The standard InChI is InChI=1S/C24H20ClN3O3S2/c25-17-10-4-5-11-18(17)31-21-16(22(29)27-13-7-6-12-20(27)26-21)14-19-23(30)28(24(32)33-19)15-8-2-1-3-9-15/h4-7,10-15H,1-3,8-9H2/b19-14+. The van der Waals surface area contributed by atoms with Crippen molar-refractivity contribution >= 4 is 57.5 Å². The Morgan fingerprint density at radius 1 is 1.09 bits per heavy atom. The van der Waals surface area contributed by atoms with E-state index in [0.717, 1.165) is 25.7 Å². The highest BCUT2D eigenvalue weighted by atomic mass is 35.5. The average molecular weight is 498 g/mol. The van der Waals surface area contributed by atoms with Crippen LogP contribution in [0.4, 0.5) is 0 Å². The van der Waals surface area contributed by atoms with Gasteiger partial charge >= 0.3 is 0 Å². The molecule has 1 saturated heterocycles. The second-order valence-corrected chi connectivity index (χ2v) is 10.0. The molecule has 1 amide bonds. The topological polar surface area (TPSA) is 63.9 Å². The van der Waals surface area contributed by atoms with Crippen molar-refractivity contribution in [3.05, 3.63) is 74.5 Å². The van der Waals surface area contributed by atoms with Crippen LogP contribution in [0.3, 0.4) is 0 Å². The summed E-state index contributed by atoms with van der Waals surface area (Å²) in [6.07, 6.45) is 8.43. The number of fused-ring (bicyclic) bond motifs is 1. The van der Waals surface area contributed by atoms with Gasteiger partial charge in [0, 0.05) is 12.2 Å². The largest absolute Gasteiger partial charge is 0.437 e. The van der Waals surface area contributed by atoms with Crippen LogP contribution in [0.15, 0.2) is 58.4 Å². The maximum atomic E-state index is 13.4. The van der Waals surface area contributed by atoms with Gasteiger partial charge in [0.05, 0.1) is 9.93 Å². The molecule has 9 heteroatoms. The van der Waals surface area contributed by atoms with Crippen LogP contribution < -0.4 is 10.3 Å². The molecule has 33 heavy (non-hydrogen) atoms. The number of carbonyl (C=O) groups excluding carboxylic acids is 1. The first-order valence-corrected chi connectivity index (χ1v) is 12.3. The third-order valence-electron chi connectivity index (χ3n) is 5.82. The molecule has 0 radical (unpaired) electrons. The van der Waals surface area contributed by atoms with E-state index in [4.69, 9.17) is 28.6 Å². The summed E-state index contributed by atoms with van der Waals surface area (Å²) in [6.45, 7) is 0. The van der Waals surface area contributed by atoms with Gasteiger partial charge in [-0.05, 0) is 43.2 Å². The third kappa shape index (κ3) is 4.30. The molecule has 1 aromatic carbocycles. The number of halogens is 1. The summed E-state index contributed by atoms with van der Waals surface area (Å²) in [5, 5.41) is 0.391. The third-order valence-corrected chi connectivity index (χ3v) is 7.46. The van der Waals surface area contributed by atoms with Crippen LogP contribution in [0.1, 0.15) is 37.7 Å². The van der Waals surface area contributed by atoms with Crippen molar-refractivity contribution in [2.75, 3.05) is 0 Å². The molecule has 3 aromatic rings. The van der Waals surface area contributed by atoms with Gasteiger partial charge in [-0.2, -0.15) is 4.98 Å². The van der Waals surface area contributed by atoms with Crippen molar-refractivity contribution in [1.82, 2.24) is 14.3 Å². The number of thioether (sulfide) groups is 1. The summed E-state index contributed by atoms with van der Waals surface area (Å²) in [5.41, 5.74) is 0.254. The Morgan fingerprint density at radius 2 is 1.85 bits per heavy atom. The molecule has 1 saturated carbocycles. The highest BCUT2D eigenvalue weighted by Crippen LogP contribution is 2.38. The van der Waals surface area contributed by atoms with Crippen molar-refractivity contribution in [1.29, 1.82) is 0 Å². The van der Waals surface area contributed by atoms with Gasteiger partial charge in [-0.3, -0.25) is 18.9 Å². The van der Waals surface area contributed by atoms with Crippen molar-refractivity contribution < 1.29 is 9.53 Å². The molecular weight excluding hydrogens is 478 g/mol. The Balaban J connectivity index is 1.59. The maximum Gasteiger partial charge on any atom is 0.269 e. The summed E-state index contributed by atoms with van der Waals surface area (Å²) in [7, 11) is 0. The van der Waals surface area contributed by atoms with E-state index < -0.39 is 0 Å². The van der Waals surface area contributed by atoms with Crippen molar-refractivity contribution in [2.24, 2.45) is 0 Å². The van der Waals surface area contributed by atoms with E-state index >= 15 is 0 Å². The monoisotopic (exact) mass is 497 g/mol. The van der Waals surface area contributed by atoms with E-state index in [2.05, 4.69) is 4.98 Å². The van der Waals surface area contributed by atoms with Crippen LogP contribution in [0.2, 0.25) is 5.02 Å². The number of rotatable bonds is 4. The maximum absolute atomic E-state index is 13.4. The molecule has 0 unspecified atom stereocenters. The minimum Gasteiger partial charge on any atom is -0.437 e. The lowest BCUT2D eigenvalue weighted by atomic mass is 9.94. The number of para-hydroxylation sites is 1. The molecule has 2 aromatic heterocycles. The number of benzene rings is 1. The van der Waals surface area contributed by atoms with Crippen LogP contribution in [-0.2, 0) is 4.79 Å². The first kappa shape index (κ1) is 22.1. The van der Waals surface area contributed by atoms with Crippen LogP contribution in [0.5, 0.6) is 11.6 Å². The second kappa shape index (κ2) is 9.29. The van der Waals surface area contributed by atoms with Gasteiger partial charge in [0.2, 0.25) is 5.88 Å². The number of thiocarbonyl (C=S) groups is 1. The normalized spacial score (nSPS) is 18.5. The SMILES string of the molecule is O=C1/C(=C\c2c(Oc3ccccc3Cl)nc3ccccn3c2=O)SC(=S)N1C1CCCCC1. The van der Waals surface area contributed by atoms with Gasteiger partial charge in [-0.1, -0.05) is 73.0 Å². The number of hydrogen-bond donors (Lipinski definition) is 0. The zero-order valence-electron chi connectivity index (χ0n) is 17.6. The van der Waals surface area contributed by atoms with Crippen LogP contribution >= 0.6 is 35.6 Å². The Morgan fingerprint density at radius 3 is 2.64 bits per heavy atom. The van der Waals surface area contributed by atoms with Crippen molar-refractivity contribution in [2.45, 2.75) is 38.1 Å². The molecule has 1 aliphatic heterocycles. The molecule has 1 aliphatic carbocycles. The number of ether oxygens (including phenoxy) is 1.